The molecule has 0 bridgehead atoms. The van der Waals surface area contributed by atoms with Crippen LogP contribution < -0.4 is 10.2 Å². The number of rotatable bonds is 6. The second-order valence-electron chi connectivity index (χ2n) is 4.21. The van der Waals surface area contributed by atoms with E-state index in [1.807, 2.05) is 6.07 Å². The highest BCUT2D eigenvalue weighted by atomic mass is 15.2. The van der Waals surface area contributed by atoms with E-state index in [0.717, 1.165) is 31.3 Å². The Hall–Kier alpha value is -1.32. The quantitative estimate of drug-likeness (QED) is 0.802. The Balaban J connectivity index is 2.70. The van der Waals surface area contributed by atoms with Gasteiger partial charge in [0, 0.05) is 25.7 Å². The highest BCUT2D eigenvalue weighted by molar-refractivity contribution is 5.48. The molecule has 0 aromatic carbocycles. The van der Waals surface area contributed by atoms with E-state index in [0.29, 0.717) is 5.92 Å². The third-order valence-corrected chi connectivity index (χ3v) is 2.43. The summed E-state index contributed by atoms with van der Waals surface area (Å²) in [4.78, 5) is 10.7. The molecule has 4 heteroatoms. The number of anilines is 2. The molecule has 0 fully saturated rings. The molecule has 0 saturated heterocycles. The second-order valence-corrected chi connectivity index (χ2v) is 4.21. The molecule has 4 nitrogen and oxygen atoms in total. The number of nitrogens with one attached hydrogen (secondary N) is 1. The molecule has 1 N–H and O–H groups in total. The summed E-state index contributed by atoms with van der Waals surface area (Å²) >= 11 is 0. The molecule has 1 rings (SSSR count). The Kier molecular flexibility index (Phi) is 5.02. The molecule has 0 unspecified atom stereocenters. The summed E-state index contributed by atoms with van der Waals surface area (Å²) in [5.41, 5.74) is 0. The molecule has 0 aliphatic rings. The lowest BCUT2D eigenvalue weighted by Crippen LogP contribution is -2.23. The van der Waals surface area contributed by atoms with Gasteiger partial charge < -0.3 is 10.2 Å². The standard InChI is InChI=1S/C12H22N4/c1-5-16(6-2)12-7-11(14-9-15-12)13-8-10(3)4/h7,9-10H,5-6,8H2,1-4H3,(H,13,14,15). The van der Waals surface area contributed by atoms with E-state index >= 15 is 0 Å². The van der Waals surface area contributed by atoms with Gasteiger partial charge in [0.2, 0.25) is 0 Å². The first-order chi connectivity index (χ1) is 7.67. The van der Waals surface area contributed by atoms with Crippen molar-refractivity contribution in [3.05, 3.63) is 12.4 Å². The highest BCUT2D eigenvalue weighted by Gasteiger charge is 2.04. The maximum absolute atomic E-state index is 4.28. The SMILES string of the molecule is CCN(CC)c1cc(NCC(C)C)ncn1. The van der Waals surface area contributed by atoms with E-state index in [1.165, 1.54) is 0 Å². The van der Waals surface area contributed by atoms with Crippen LogP contribution in [-0.4, -0.2) is 29.6 Å². The molecule has 90 valence electrons. The summed E-state index contributed by atoms with van der Waals surface area (Å²) in [7, 11) is 0. The summed E-state index contributed by atoms with van der Waals surface area (Å²) in [5.74, 6) is 2.52. The maximum Gasteiger partial charge on any atom is 0.134 e. The predicted octanol–water partition coefficient (Wildman–Crippen LogP) is 2.39. The smallest absolute Gasteiger partial charge is 0.134 e. The van der Waals surface area contributed by atoms with Crippen molar-refractivity contribution in [1.29, 1.82) is 0 Å². The highest BCUT2D eigenvalue weighted by Crippen LogP contribution is 2.13. The van der Waals surface area contributed by atoms with Crippen molar-refractivity contribution in [2.45, 2.75) is 27.7 Å². The number of aromatic nitrogens is 2. The molecular weight excluding hydrogens is 200 g/mol. The van der Waals surface area contributed by atoms with Gasteiger partial charge in [0.05, 0.1) is 0 Å². The van der Waals surface area contributed by atoms with E-state index in [4.69, 9.17) is 0 Å². The zero-order valence-electron chi connectivity index (χ0n) is 10.7. The van der Waals surface area contributed by atoms with E-state index in [9.17, 15) is 0 Å². The summed E-state index contributed by atoms with van der Waals surface area (Å²) < 4.78 is 0. The van der Waals surface area contributed by atoms with Gasteiger partial charge in [-0.1, -0.05) is 13.8 Å². The minimum atomic E-state index is 0.617. The van der Waals surface area contributed by atoms with Crippen LogP contribution in [0.25, 0.3) is 0 Å². The van der Waals surface area contributed by atoms with Gasteiger partial charge in [-0.05, 0) is 19.8 Å². The largest absolute Gasteiger partial charge is 0.370 e. The van der Waals surface area contributed by atoms with Crippen LogP contribution >= 0.6 is 0 Å². The average Bonchev–Trinajstić information content (AvgIpc) is 2.29. The zero-order chi connectivity index (χ0) is 12.0. The van der Waals surface area contributed by atoms with Crippen molar-refractivity contribution >= 4 is 11.6 Å². The zero-order valence-corrected chi connectivity index (χ0v) is 10.7. The maximum atomic E-state index is 4.28. The molecule has 0 atom stereocenters. The van der Waals surface area contributed by atoms with Crippen molar-refractivity contribution in [1.82, 2.24) is 9.97 Å². The number of nitrogens with zero attached hydrogens (tertiary/aromatic N) is 3. The fourth-order valence-corrected chi connectivity index (χ4v) is 1.47. The molecule has 1 aromatic heterocycles. The molecule has 0 aliphatic carbocycles. The Labute approximate surface area is 98.1 Å². The lowest BCUT2D eigenvalue weighted by Gasteiger charge is -2.20. The Morgan fingerprint density at radius 2 is 1.94 bits per heavy atom. The normalized spacial score (nSPS) is 10.6. The Morgan fingerprint density at radius 3 is 2.50 bits per heavy atom. The molecule has 16 heavy (non-hydrogen) atoms. The summed E-state index contributed by atoms with van der Waals surface area (Å²) in [6.07, 6.45) is 1.62. The van der Waals surface area contributed by atoms with Crippen LogP contribution in [0.2, 0.25) is 0 Å². The minimum absolute atomic E-state index is 0.617. The average molecular weight is 222 g/mol. The first kappa shape index (κ1) is 12.7. The van der Waals surface area contributed by atoms with E-state index in [1.54, 1.807) is 6.33 Å². The van der Waals surface area contributed by atoms with Crippen LogP contribution in [0.3, 0.4) is 0 Å². The minimum Gasteiger partial charge on any atom is -0.370 e. The van der Waals surface area contributed by atoms with Crippen molar-refractivity contribution in [2.75, 3.05) is 29.9 Å². The summed E-state index contributed by atoms with van der Waals surface area (Å²) in [6, 6.07) is 2.01. The van der Waals surface area contributed by atoms with Gasteiger partial charge in [-0.15, -0.1) is 0 Å². The topological polar surface area (TPSA) is 41.0 Å². The van der Waals surface area contributed by atoms with Crippen molar-refractivity contribution in [3.63, 3.8) is 0 Å². The van der Waals surface area contributed by atoms with Gasteiger partial charge in [0.1, 0.15) is 18.0 Å². The van der Waals surface area contributed by atoms with Crippen molar-refractivity contribution < 1.29 is 0 Å². The molecule has 0 aliphatic heterocycles. The van der Waals surface area contributed by atoms with Crippen LogP contribution in [0.5, 0.6) is 0 Å². The molecule has 0 radical (unpaired) electrons. The lowest BCUT2D eigenvalue weighted by molar-refractivity contribution is 0.686. The fraction of sp³-hybridized carbons (Fsp3) is 0.667. The summed E-state index contributed by atoms with van der Waals surface area (Å²) in [6.45, 7) is 11.5. The third-order valence-electron chi connectivity index (χ3n) is 2.43. The Morgan fingerprint density at radius 1 is 1.25 bits per heavy atom. The Bertz CT molecular complexity index is 308. The van der Waals surface area contributed by atoms with Crippen LogP contribution in [0.4, 0.5) is 11.6 Å². The molecular formula is C12H22N4. The summed E-state index contributed by atoms with van der Waals surface area (Å²) in [5, 5.41) is 3.31. The van der Waals surface area contributed by atoms with E-state index < -0.39 is 0 Å². The fourth-order valence-electron chi connectivity index (χ4n) is 1.47. The molecule has 0 saturated carbocycles. The van der Waals surface area contributed by atoms with Gasteiger partial charge in [-0.3, -0.25) is 0 Å². The van der Waals surface area contributed by atoms with Gasteiger partial charge >= 0.3 is 0 Å². The first-order valence-corrected chi connectivity index (χ1v) is 5.98. The third kappa shape index (κ3) is 3.68. The van der Waals surface area contributed by atoms with E-state index in [-0.39, 0.29) is 0 Å². The van der Waals surface area contributed by atoms with Gasteiger partial charge in [-0.25, -0.2) is 9.97 Å². The predicted molar refractivity (Wildman–Crippen MR) is 68.9 cm³/mol. The van der Waals surface area contributed by atoms with E-state index in [2.05, 4.69) is 47.9 Å². The van der Waals surface area contributed by atoms with Gasteiger partial charge in [-0.2, -0.15) is 0 Å². The van der Waals surface area contributed by atoms with Crippen LogP contribution in [-0.2, 0) is 0 Å². The number of hydrogen-bond acceptors (Lipinski definition) is 4. The van der Waals surface area contributed by atoms with Gasteiger partial charge in [0.15, 0.2) is 0 Å². The lowest BCUT2D eigenvalue weighted by atomic mass is 10.2. The molecule has 1 aromatic rings. The monoisotopic (exact) mass is 222 g/mol. The first-order valence-electron chi connectivity index (χ1n) is 5.98. The molecule has 0 spiro atoms. The second kappa shape index (κ2) is 6.30. The number of hydrogen-bond donors (Lipinski definition) is 1. The van der Waals surface area contributed by atoms with Crippen LogP contribution in [0, 0.1) is 5.92 Å². The molecule has 1 heterocycles. The van der Waals surface area contributed by atoms with Gasteiger partial charge in [0.25, 0.3) is 0 Å². The molecule has 0 amide bonds. The van der Waals surface area contributed by atoms with Crippen LogP contribution in [0.1, 0.15) is 27.7 Å². The van der Waals surface area contributed by atoms with Crippen molar-refractivity contribution in [3.8, 4) is 0 Å². The van der Waals surface area contributed by atoms with Crippen LogP contribution in [0.15, 0.2) is 12.4 Å². The van der Waals surface area contributed by atoms with Crippen molar-refractivity contribution in [2.24, 2.45) is 5.92 Å².